The van der Waals surface area contributed by atoms with E-state index in [4.69, 9.17) is 25.8 Å². The third kappa shape index (κ3) is 3.82. The van der Waals surface area contributed by atoms with Crippen LogP contribution in [0.25, 0.3) is 0 Å². The Morgan fingerprint density at radius 1 is 1.15 bits per heavy atom. The van der Waals surface area contributed by atoms with Crippen molar-refractivity contribution in [3.63, 3.8) is 0 Å². The van der Waals surface area contributed by atoms with Crippen LogP contribution >= 0.6 is 11.6 Å². The summed E-state index contributed by atoms with van der Waals surface area (Å²) in [7, 11) is 0. The van der Waals surface area contributed by atoms with Gasteiger partial charge in [0, 0.05) is 23.6 Å². The molecule has 33 heavy (non-hydrogen) atoms. The maximum Gasteiger partial charge on any atom is 0.310 e. The average molecular weight is 472 g/mol. The van der Waals surface area contributed by atoms with Crippen molar-refractivity contribution in [2.45, 2.75) is 18.9 Å². The maximum absolute atomic E-state index is 12.6. The minimum Gasteiger partial charge on any atom is -0.462 e. The van der Waals surface area contributed by atoms with E-state index in [0.717, 1.165) is 6.42 Å². The fraction of sp³-hybridized carbons (Fsp3) is 0.348. The number of esters is 2. The molecule has 0 N–H and O–H groups in total. The van der Waals surface area contributed by atoms with Crippen LogP contribution in [-0.4, -0.2) is 35.4 Å². The zero-order valence-electron chi connectivity index (χ0n) is 17.1. The van der Waals surface area contributed by atoms with Crippen molar-refractivity contribution in [3.05, 3.63) is 63.2 Å². The number of non-ortho nitro benzene ring substituents is 1. The summed E-state index contributed by atoms with van der Waals surface area (Å²) < 4.78 is 16.2. The first kappa shape index (κ1) is 21.4. The molecule has 2 bridgehead atoms. The molecule has 2 saturated carbocycles. The summed E-state index contributed by atoms with van der Waals surface area (Å²) in [5.41, 5.74) is 0.163. The first-order valence-electron chi connectivity index (χ1n) is 10.4. The normalized spacial score (nSPS) is 26.7. The highest BCUT2D eigenvalue weighted by molar-refractivity contribution is 6.32. The maximum atomic E-state index is 12.6. The smallest absolute Gasteiger partial charge is 0.310 e. The van der Waals surface area contributed by atoms with E-state index in [0.29, 0.717) is 12.2 Å². The van der Waals surface area contributed by atoms with Gasteiger partial charge in [0.1, 0.15) is 17.6 Å². The molecule has 1 saturated heterocycles. The van der Waals surface area contributed by atoms with E-state index in [9.17, 15) is 24.5 Å². The monoisotopic (exact) mass is 471 g/mol. The molecule has 0 amide bonds. The summed E-state index contributed by atoms with van der Waals surface area (Å²) in [6.45, 7) is -0.462. The molecular weight excluding hydrogens is 454 g/mol. The number of fused-ring (bicyclic) bond motifs is 1. The molecule has 9 nitrogen and oxygen atoms in total. The first-order valence-corrected chi connectivity index (χ1v) is 10.8. The van der Waals surface area contributed by atoms with Gasteiger partial charge in [-0.15, -0.1) is 0 Å². The van der Waals surface area contributed by atoms with Gasteiger partial charge in [0.15, 0.2) is 12.4 Å². The van der Waals surface area contributed by atoms with Gasteiger partial charge < -0.3 is 14.2 Å². The fourth-order valence-corrected chi connectivity index (χ4v) is 5.38. The third-order valence-electron chi connectivity index (χ3n) is 6.63. The Morgan fingerprint density at radius 2 is 1.91 bits per heavy atom. The SMILES string of the molecule is O=C(COC(=O)[C@@H]1[C@@H]2C[C@@H]3[C@@H]1C(=O)O[C@@H]3C2)c1ccc(Oc2ccc([N+](=O)[O-])cc2)c(Cl)c1. The highest BCUT2D eigenvalue weighted by atomic mass is 35.5. The van der Waals surface area contributed by atoms with Crippen molar-refractivity contribution >= 4 is 35.0 Å². The van der Waals surface area contributed by atoms with Crippen LogP contribution in [0.1, 0.15) is 23.2 Å². The molecule has 0 aromatic heterocycles. The van der Waals surface area contributed by atoms with Crippen LogP contribution in [0.4, 0.5) is 5.69 Å². The lowest BCUT2D eigenvalue weighted by atomic mass is 9.80. The van der Waals surface area contributed by atoms with Crippen molar-refractivity contribution in [3.8, 4) is 11.5 Å². The van der Waals surface area contributed by atoms with Gasteiger partial charge in [0.2, 0.25) is 0 Å². The molecule has 3 aliphatic rings. The Kier molecular flexibility index (Phi) is 5.28. The van der Waals surface area contributed by atoms with Gasteiger partial charge in [-0.1, -0.05) is 11.6 Å². The van der Waals surface area contributed by atoms with Crippen LogP contribution in [0.15, 0.2) is 42.5 Å². The Hall–Kier alpha value is -3.46. The van der Waals surface area contributed by atoms with E-state index in [1.165, 1.54) is 42.5 Å². The number of nitro groups is 1. The van der Waals surface area contributed by atoms with Crippen LogP contribution in [0.3, 0.4) is 0 Å². The molecule has 3 fully saturated rings. The van der Waals surface area contributed by atoms with E-state index in [1.54, 1.807) is 0 Å². The molecule has 5 rings (SSSR count). The number of nitrogens with zero attached hydrogens (tertiary/aromatic N) is 1. The summed E-state index contributed by atoms with van der Waals surface area (Å²) in [6, 6.07) is 9.85. The second-order valence-corrected chi connectivity index (χ2v) is 8.86. The van der Waals surface area contributed by atoms with Crippen LogP contribution in [0.2, 0.25) is 5.02 Å². The Morgan fingerprint density at radius 3 is 2.61 bits per heavy atom. The van der Waals surface area contributed by atoms with Crippen LogP contribution in [0, 0.1) is 33.8 Å². The van der Waals surface area contributed by atoms with Gasteiger partial charge in [-0.25, -0.2) is 0 Å². The molecule has 2 aliphatic carbocycles. The van der Waals surface area contributed by atoms with E-state index >= 15 is 0 Å². The molecule has 2 aromatic carbocycles. The number of carbonyl (C=O) groups excluding carboxylic acids is 3. The van der Waals surface area contributed by atoms with E-state index in [2.05, 4.69) is 0 Å². The van der Waals surface area contributed by atoms with Crippen molar-refractivity contribution in [2.24, 2.45) is 23.7 Å². The standard InChI is InChI=1S/C23H18ClNO8/c24-16-8-11(1-6-18(16)32-14-4-2-13(3-5-14)25(29)30)17(26)10-31-22(27)20-12-7-15-19(9-12)33-23(28)21(15)20/h1-6,8,12,15,19-21H,7,9-10H2/t12-,15+,19-,20-,21+/m1/s1. The molecule has 0 radical (unpaired) electrons. The van der Waals surface area contributed by atoms with E-state index < -0.39 is 35.1 Å². The number of rotatable bonds is 7. The topological polar surface area (TPSA) is 122 Å². The minimum atomic E-state index is -0.546. The van der Waals surface area contributed by atoms with Gasteiger partial charge in [-0.2, -0.15) is 0 Å². The number of carbonyl (C=O) groups is 3. The predicted octanol–water partition coefficient (Wildman–Crippen LogP) is 3.96. The van der Waals surface area contributed by atoms with Crippen molar-refractivity contribution in [2.75, 3.05) is 6.61 Å². The number of ether oxygens (including phenoxy) is 3. The lowest BCUT2D eigenvalue weighted by Crippen LogP contribution is -2.34. The average Bonchev–Trinajstić information content (AvgIpc) is 3.42. The number of hydrogen-bond acceptors (Lipinski definition) is 8. The molecule has 1 heterocycles. The van der Waals surface area contributed by atoms with E-state index in [1.807, 2.05) is 0 Å². The van der Waals surface area contributed by atoms with Crippen LogP contribution in [0.5, 0.6) is 11.5 Å². The molecule has 2 aromatic rings. The Bertz CT molecular complexity index is 1160. The number of Topliss-reactive ketones (excluding diaryl/α,β-unsaturated/α-hetero) is 1. The summed E-state index contributed by atoms with van der Waals surface area (Å²) >= 11 is 6.23. The number of benzene rings is 2. The highest BCUT2D eigenvalue weighted by Gasteiger charge is 2.64. The summed E-state index contributed by atoms with van der Waals surface area (Å²) in [4.78, 5) is 47.4. The summed E-state index contributed by atoms with van der Waals surface area (Å²) in [5.74, 6) is -1.58. The number of ketones is 1. The van der Waals surface area contributed by atoms with E-state index in [-0.39, 0.29) is 45.9 Å². The lowest BCUT2D eigenvalue weighted by Gasteiger charge is -2.22. The zero-order chi connectivity index (χ0) is 23.3. The van der Waals surface area contributed by atoms with Gasteiger partial charge in [-0.3, -0.25) is 24.5 Å². The molecule has 0 spiro atoms. The molecule has 5 atom stereocenters. The third-order valence-corrected chi connectivity index (χ3v) is 6.93. The quantitative estimate of drug-likeness (QED) is 0.257. The largest absolute Gasteiger partial charge is 0.462 e. The zero-order valence-corrected chi connectivity index (χ0v) is 17.9. The molecule has 0 unspecified atom stereocenters. The van der Waals surface area contributed by atoms with Gasteiger partial charge >= 0.3 is 11.9 Å². The van der Waals surface area contributed by atoms with Crippen molar-refractivity contribution in [1.82, 2.24) is 0 Å². The summed E-state index contributed by atoms with van der Waals surface area (Å²) in [6.07, 6.45) is 1.37. The lowest BCUT2D eigenvalue weighted by molar-refractivity contribution is -0.384. The van der Waals surface area contributed by atoms with Crippen LogP contribution < -0.4 is 4.74 Å². The predicted molar refractivity (Wildman–Crippen MR) is 113 cm³/mol. The van der Waals surface area contributed by atoms with Gasteiger partial charge in [0.05, 0.1) is 21.8 Å². The fourth-order valence-electron chi connectivity index (χ4n) is 5.16. The van der Waals surface area contributed by atoms with Crippen molar-refractivity contribution in [1.29, 1.82) is 0 Å². The highest BCUT2D eigenvalue weighted by Crippen LogP contribution is 2.57. The molecule has 10 heteroatoms. The molecule has 1 aliphatic heterocycles. The Labute approximate surface area is 192 Å². The second-order valence-electron chi connectivity index (χ2n) is 8.45. The number of hydrogen-bond donors (Lipinski definition) is 0. The van der Waals surface area contributed by atoms with Crippen molar-refractivity contribution < 1.29 is 33.5 Å². The second kappa shape index (κ2) is 8.15. The first-order chi connectivity index (χ1) is 15.8. The van der Waals surface area contributed by atoms with Gasteiger partial charge in [-0.05, 0) is 49.1 Å². The summed E-state index contributed by atoms with van der Waals surface area (Å²) in [5, 5.41) is 10.9. The number of halogens is 1. The molecule has 170 valence electrons. The molecular formula is C23H18ClNO8. The minimum absolute atomic E-state index is 0.0596. The van der Waals surface area contributed by atoms with Gasteiger partial charge in [0.25, 0.3) is 5.69 Å². The number of nitro benzene ring substituents is 1. The van der Waals surface area contributed by atoms with Crippen LogP contribution in [-0.2, 0) is 19.1 Å². The Balaban J connectivity index is 1.20.